The normalized spacial score (nSPS) is 11.1. The van der Waals surface area contributed by atoms with Crippen molar-refractivity contribution in [1.82, 2.24) is 18.9 Å². The van der Waals surface area contributed by atoms with Gasteiger partial charge in [-0.1, -0.05) is 41.9 Å². The lowest BCUT2D eigenvalue weighted by Gasteiger charge is -2.10. The van der Waals surface area contributed by atoms with Gasteiger partial charge in [0, 0.05) is 18.1 Å². The first-order valence-corrected chi connectivity index (χ1v) is 9.11. The van der Waals surface area contributed by atoms with E-state index in [0.717, 1.165) is 16.6 Å². The first kappa shape index (κ1) is 18.1. The molecule has 0 saturated heterocycles. The highest BCUT2D eigenvalue weighted by Gasteiger charge is 2.15. The van der Waals surface area contributed by atoms with Gasteiger partial charge in [-0.05, 0) is 23.8 Å². The summed E-state index contributed by atoms with van der Waals surface area (Å²) in [4.78, 5) is 25.1. The number of aromatic nitrogens is 4. The average Bonchev–Trinajstić information content (AvgIpc) is 3.22. The number of hydrogen-bond acceptors (Lipinski definition) is 3. The van der Waals surface area contributed by atoms with Crippen LogP contribution in [0, 0.1) is 0 Å². The Bertz CT molecular complexity index is 1220. The predicted molar refractivity (Wildman–Crippen MR) is 109 cm³/mol. The van der Waals surface area contributed by atoms with Crippen molar-refractivity contribution in [1.29, 1.82) is 0 Å². The van der Waals surface area contributed by atoms with Crippen LogP contribution in [0.5, 0.6) is 0 Å². The minimum absolute atomic E-state index is 0.0859. The summed E-state index contributed by atoms with van der Waals surface area (Å²) in [6, 6.07) is 16.6. The van der Waals surface area contributed by atoms with Crippen molar-refractivity contribution in [3.8, 4) is 0 Å². The van der Waals surface area contributed by atoms with Gasteiger partial charge >= 0.3 is 5.69 Å². The van der Waals surface area contributed by atoms with E-state index in [2.05, 4.69) is 10.4 Å². The fourth-order valence-electron chi connectivity index (χ4n) is 3.19. The fourth-order valence-corrected chi connectivity index (χ4v) is 3.39. The molecule has 0 radical (unpaired) electrons. The highest BCUT2D eigenvalue weighted by atomic mass is 35.5. The van der Waals surface area contributed by atoms with Crippen molar-refractivity contribution in [3.63, 3.8) is 0 Å². The molecular formula is C20H18ClN5O2. The summed E-state index contributed by atoms with van der Waals surface area (Å²) in [5.74, 6) is 0.234. The molecule has 0 aliphatic rings. The summed E-state index contributed by atoms with van der Waals surface area (Å²) in [5.41, 5.74) is 2.16. The minimum Gasteiger partial charge on any atom is -0.309 e. The van der Waals surface area contributed by atoms with Crippen LogP contribution in [-0.4, -0.2) is 24.8 Å². The monoisotopic (exact) mass is 395 g/mol. The van der Waals surface area contributed by atoms with Crippen molar-refractivity contribution in [2.75, 3.05) is 5.32 Å². The summed E-state index contributed by atoms with van der Waals surface area (Å²) in [6.07, 6.45) is 1.61. The number of para-hydroxylation sites is 2. The van der Waals surface area contributed by atoms with E-state index in [1.54, 1.807) is 24.0 Å². The Labute approximate surface area is 165 Å². The fraction of sp³-hybridized carbons (Fsp3) is 0.150. The topological polar surface area (TPSA) is 73.8 Å². The van der Waals surface area contributed by atoms with E-state index in [9.17, 15) is 9.59 Å². The molecule has 0 spiro atoms. The molecule has 0 fully saturated rings. The van der Waals surface area contributed by atoms with Crippen molar-refractivity contribution >= 4 is 34.4 Å². The van der Waals surface area contributed by atoms with Crippen LogP contribution in [0.3, 0.4) is 0 Å². The Morgan fingerprint density at radius 3 is 2.57 bits per heavy atom. The summed E-state index contributed by atoms with van der Waals surface area (Å²) in [7, 11) is 1.69. The molecule has 2 aromatic heterocycles. The number of imidazole rings is 1. The van der Waals surface area contributed by atoms with Gasteiger partial charge in [-0.3, -0.25) is 13.9 Å². The third kappa shape index (κ3) is 3.32. The number of amides is 1. The van der Waals surface area contributed by atoms with E-state index >= 15 is 0 Å². The van der Waals surface area contributed by atoms with Crippen LogP contribution >= 0.6 is 11.6 Å². The van der Waals surface area contributed by atoms with Crippen LogP contribution in [0.1, 0.15) is 5.56 Å². The van der Waals surface area contributed by atoms with Crippen LogP contribution in [0.25, 0.3) is 11.0 Å². The van der Waals surface area contributed by atoms with E-state index in [0.29, 0.717) is 17.4 Å². The van der Waals surface area contributed by atoms with Gasteiger partial charge in [0.25, 0.3) is 0 Å². The molecule has 4 aromatic rings. The summed E-state index contributed by atoms with van der Waals surface area (Å²) >= 11 is 6.21. The van der Waals surface area contributed by atoms with Crippen molar-refractivity contribution in [3.05, 3.63) is 81.9 Å². The molecule has 1 N–H and O–H groups in total. The highest BCUT2D eigenvalue weighted by Crippen LogP contribution is 2.18. The van der Waals surface area contributed by atoms with Crippen LogP contribution in [-0.2, 0) is 24.9 Å². The lowest BCUT2D eigenvalue weighted by molar-refractivity contribution is -0.116. The summed E-state index contributed by atoms with van der Waals surface area (Å²) < 4.78 is 4.65. The minimum atomic E-state index is -0.306. The number of anilines is 1. The van der Waals surface area contributed by atoms with E-state index in [1.807, 2.05) is 48.5 Å². The Morgan fingerprint density at radius 1 is 1.07 bits per heavy atom. The van der Waals surface area contributed by atoms with Gasteiger partial charge in [-0.15, -0.1) is 0 Å². The van der Waals surface area contributed by atoms with Gasteiger partial charge < -0.3 is 5.32 Å². The number of nitrogens with zero attached hydrogens (tertiary/aromatic N) is 4. The molecule has 0 bridgehead atoms. The van der Waals surface area contributed by atoms with E-state index in [-0.39, 0.29) is 18.1 Å². The number of nitrogens with one attached hydrogen (secondary N) is 1. The largest absolute Gasteiger partial charge is 0.329 e. The molecule has 4 rings (SSSR count). The molecule has 28 heavy (non-hydrogen) atoms. The zero-order chi connectivity index (χ0) is 19.7. The first-order chi connectivity index (χ1) is 13.5. The SMILES string of the molecule is Cn1c(=O)n(CC(=O)Nc2ccnn2Cc2ccccc2Cl)c2ccccc21. The first-order valence-electron chi connectivity index (χ1n) is 8.74. The van der Waals surface area contributed by atoms with Crippen molar-refractivity contribution in [2.45, 2.75) is 13.1 Å². The number of hydrogen-bond donors (Lipinski definition) is 1. The maximum Gasteiger partial charge on any atom is 0.329 e. The Morgan fingerprint density at radius 2 is 1.79 bits per heavy atom. The maximum absolute atomic E-state index is 12.6. The van der Waals surface area contributed by atoms with Gasteiger partial charge in [-0.25, -0.2) is 9.48 Å². The quantitative estimate of drug-likeness (QED) is 0.564. The van der Waals surface area contributed by atoms with E-state index in [4.69, 9.17) is 11.6 Å². The molecule has 0 aliphatic carbocycles. The zero-order valence-corrected chi connectivity index (χ0v) is 15.9. The second-order valence-electron chi connectivity index (χ2n) is 6.43. The molecule has 1 amide bonds. The van der Waals surface area contributed by atoms with E-state index in [1.165, 1.54) is 9.13 Å². The number of fused-ring (bicyclic) bond motifs is 1. The molecular weight excluding hydrogens is 378 g/mol. The Hall–Kier alpha value is -3.32. The lowest BCUT2D eigenvalue weighted by Crippen LogP contribution is -2.29. The molecule has 0 aliphatic heterocycles. The molecule has 0 unspecified atom stereocenters. The maximum atomic E-state index is 12.6. The van der Waals surface area contributed by atoms with Gasteiger partial charge in [0.15, 0.2) is 0 Å². The lowest BCUT2D eigenvalue weighted by atomic mass is 10.2. The highest BCUT2D eigenvalue weighted by molar-refractivity contribution is 6.31. The molecule has 8 heteroatoms. The second-order valence-corrected chi connectivity index (χ2v) is 6.84. The smallest absolute Gasteiger partial charge is 0.309 e. The van der Waals surface area contributed by atoms with Gasteiger partial charge in [0.2, 0.25) is 5.91 Å². The van der Waals surface area contributed by atoms with Crippen LogP contribution in [0.2, 0.25) is 5.02 Å². The molecule has 2 aromatic carbocycles. The van der Waals surface area contributed by atoms with Gasteiger partial charge in [0.05, 0.1) is 23.8 Å². The Kier molecular flexibility index (Phi) is 4.75. The number of carbonyl (C=O) groups excluding carboxylic acids is 1. The molecule has 142 valence electrons. The predicted octanol–water partition coefficient (Wildman–Crippen LogP) is 2.88. The summed E-state index contributed by atoms with van der Waals surface area (Å²) in [6.45, 7) is 0.341. The molecule has 0 atom stereocenters. The third-order valence-electron chi connectivity index (χ3n) is 4.62. The summed E-state index contributed by atoms with van der Waals surface area (Å²) in [5, 5.41) is 7.72. The van der Waals surface area contributed by atoms with E-state index < -0.39 is 0 Å². The number of benzene rings is 2. The number of carbonyl (C=O) groups is 1. The number of rotatable bonds is 5. The molecule has 7 nitrogen and oxygen atoms in total. The Balaban J connectivity index is 1.55. The zero-order valence-electron chi connectivity index (χ0n) is 15.2. The number of aryl methyl sites for hydroxylation is 1. The van der Waals surface area contributed by atoms with Crippen molar-refractivity contribution < 1.29 is 4.79 Å². The van der Waals surface area contributed by atoms with Gasteiger partial charge in [0.1, 0.15) is 12.4 Å². The molecule has 0 saturated carbocycles. The van der Waals surface area contributed by atoms with Crippen molar-refractivity contribution in [2.24, 2.45) is 7.05 Å². The molecule has 2 heterocycles. The van der Waals surface area contributed by atoms with Crippen LogP contribution < -0.4 is 11.0 Å². The van der Waals surface area contributed by atoms with Gasteiger partial charge in [-0.2, -0.15) is 5.10 Å². The van der Waals surface area contributed by atoms with Crippen LogP contribution in [0.4, 0.5) is 5.82 Å². The standard InChI is InChI=1S/C20H18ClN5O2/c1-24-16-8-4-5-9-17(16)25(20(24)28)13-19(27)23-18-10-11-22-26(18)12-14-6-2-3-7-15(14)21/h2-11H,12-13H2,1H3,(H,23,27). The third-order valence-corrected chi connectivity index (χ3v) is 4.98. The number of halogens is 1. The van der Waals surface area contributed by atoms with Crippen LogP contribution in [0.15, 0.2) is 65.6 Å². The second kappa shape index (κ2) is 7.36. The average molecular weight is 396 g/mol.